The Bertz CT molecular complexity index is 843. The molecule has 0 unspecified atom stereocenters. The summed E-state index contributed by atoms with van der Waals surface area (Å²) in [4.78, 5) is 29.5. The summed E-state index contributed by atoms with van der Waals surface area (Å²) in [6.07, 6.45) is 2.29. The zero-order chi connectivity index (χ0) is 18.7. The van der Waals surface area contributed by atoms with Crippen molar-refractivity contribution < 1.29 is 23.8 Å². The Morgan fingerprint density at radius 3 is 2.85 bits per heavy atom. The molecule has 2 aromatic rings. The Labute approximate surface area is 156 Å². The molecule has 8 heteroatoms. The number of cyclic esters (lactones) is 1. The Morgan fingerprint density at radius 1 is 1.26 bits per heavy atom. The maximum Gasteiger partial charge on any atom is 0.509 e. The second-order valence-electron chi connectivity index (χ2n) is 6.72. The third kappa shape index (κ3) is 3.74. The van der Waals surface area contributed by atoms with Gasteiger partial charge in [0.25, 0.3) is 0 Å². The summed E-state index contributed by atoms with van der Waals surface area (Å²) in [7, 11) is 0. The van der Waals surface area contributed by atoms with Crippen LogP contribution in [-0.2, 0) is 9.47 Å². The molecule has 27 heavy (non-hydrogen) atoms. The van der Waals surface area contributed by atoms with Crippen LogP contribution in [-0.4, -0.2) is 60.5 Å². The predicted octanol–water partition coefficient (Wildman–Crippen LogP) is 2.32. The molecule has 142 valence electrons. The number of hydrogen-bond donors (Lipinski definition) is 1. The van der Waals surface area contributed by atoms with E-state index in [-0.39, 0.29) is 12.6 Å². The number of fused-ring (bicyclic) bond motifs is 1. The highest BCUT2D eigenvalue weighted by Gasteiger charge is 2.45. The number of hydrogen-bond acceptors (Lipinski definition) is 6. The van der Waals surface area contributed by atoms with E-state index in [2.05, 4.69) is 10.3 Å². The lowest BCUT2D eigenvalue weighted by atomic mass is 9.92. The van der Waals surface area contributed by atoms with E-state index in [4.69, 9.17) is 14.2 Å². The summed E-state index contributed by atoms with van der Waals surface area (Å²) in [5, 5.41) is 3.87. The van der Waals surface area contributed by atoms with E-state index in [1.165, 1.54) is 0 Å². The number of amides is 2. The van der Waals surface area contributed by atoms with E-state index >= 15 is 0 Å². The molecule has 2 amide bonds. The molecular weight excluding hydrogens is 350 g/mol. The average molecular weight is 371 g/mol. The molecule has 2 fully saturated rings. The van der Waals surface area contributed by atoms with Crippen molar-refractivity contribution in [3.05, 3.63) is 36.5 Å². The highest BCUT2D eigenvalue weighted by atomic mass is 16.8. The van der Waals surface area contributed by atoms with Crippen molar-refractivity contribution in [2.75, 3.05) is 32.8 Å². The van der Waals surface area contributed by atoms with Crippen LogP contribution in [0.25, 0.3) is 10.9 Å². The number of carbonyl (C=O) groups excluding carboxylic acids is 2. The third-order valence-electron chi connectivity index (χ3n) is 4.95. The first-order chi connectivity index (χ1) is 13.2. The first kappa shape index (κ1) is 17.4. The molecule has 2 aliphatic heterocycles. The van der Waals surface area contributed by atoms with Gasteiger partial charge in [-0.2, -0.15) is 0 Å². The first-order valence-corrected chi connectivity index (χ1v) is 9.00. The summed E-state index contributed by atoms with van der Waals surface area (Å²) in [5.74, 6) is 0.699. The number of pyridine rings is 1. The van der Waals surface area contributed by atoms with Crippen LogP contribution in [0.5, 0.6) is 5.75 Å². The fourth-order valence-electron chi connectivity index (χ4n) is 3.41. The van der Waals surface area contributed by atoms with Crippen LogP contribution < -0.4 is 10.1 Å². The maximum absolute atomic E-state index is 12.3. The minimum absolute atomic E-state index is 0.144. The van der Waals surface area contributed by atoms with E-state index in [0.717, 1.165) is 10.9 Å². The third-order valence-corrected chi connectivity index (χ3v) is 4.95. The van der Waals surface area contributed by atoms with Crippen molar-refractivity contribution in [2.24, 2.45) is 0 Å². The summed E-state index contributed by atoms with van der Waals surface area (Å²) in [6.45, 7) is 2.06. The molecule has 0 saturated carbocycles. The molecule has 1 aromatic carbocycles. The molecule has 2 aliphatic rings. The Balaban J connectivity index is 1.23. The van der Waals surface area contributed by atoms with Gasteiger partial charge in [0.1, 0.15) is 24.5 Å². The van der Waals surface area contributed by atoms with Crippen LogP contribution in [0.3, 0.4) is 0 Å². The van der Waals surface area contributed by atoms with Crippen LogP contribution >= 0.6 is 0 Å². The fraction of sp³-hybridized carbons (Fsp3) is 0.421. The molecule has 0 atom stereocenters. The average Bonchev–Trinajstić information content (AvgIpc) is 3.05. The van der Waals surface area contributed by atoms with Crippen molar-refractivity contribution in [2.45, 2.75) is 18.4 Å². The second-order valence-corrected chi connectivity index (χ2v) is 6.72. The summed E-state index contributed by atoms with van der Waals surface area (Å²) in [6, 6.07) is 9.48. The van der Waals surface area contributed by atoms with Crippen LogP contribution in [0.2, 0.25) is 0 Å². The molecule has 0 radical (unpaired) electrons. The molecule has 1 spiro atoms. The minimum atomic E-state index is -0.618. The topological polar surface area (TPSA) is 90.0 Å². The van der Waals surface area contributed by atoms with Gasteiger partial charge in [0.2, 0.25) is 0 Å². The van der Waals surface area contributed by atoms with Crippen LogP contribution in [0, 0.1) is 0 Å². The number of benzene rings is 1. The zero-order valence-electron chi connectivity index (χ0n) is 14.8. The van der Waals surface area contributed by atoms with Crippen LogP contribution in [0.4, 0.5) is 9.59 Å². The van der Waals surface area contributed by atoms with Crippen LogP contribution in [0.15, 0.2) is 36.5 Å². The summed E-state index contributed by atoms with van der Waals surface area (Å²) >= 11 is 0. The zero-order valence-corrected chi connectivity index (χ0v) is 14.8. The van der Waals surface area contributed by atoms with E-state index in [1.807, 2.05) is 30.3 Å². The smallest absolute Gasteiger partial charge is 0.489 e. The Morgan fingerprint density at radius 2 is 2.07 bits per heavy atom. The lowest BCUT2D eigenvalue weighted by Gasteiger charge is -2.36. The summed E-state index contributed by atoms with van der Waals surface area (Å²) < 4.78 is 15.9. The molecule has 3 heterocycles. The normalized spacial score (nSPS) is 18.2. The Hall–Kier alpha value is -3.03. The number of nitrogens with zero attached hydrogens (tertiary/aromatic N) is 2. The molecule has 0 aliphatic carbocycles. The maximum atomic E-state index is 12.3. The molecule has 4 rings (SSSR count). The van der Waals surface area contributed by atoms with Gasteiger partial charge in [-0.3, -0.25) is 4.98 Å². The number of aromatic nitrogens is 1. The van der Waals surface area contributed by atoms with E-state index in [0.29, 0.717) is 44.8 Å². The fourth-order valence-corrected chi connectivity index (χ4v) is 3.41. The van der Waals surface area contributed by atoms with Crippen molar-refractivity contribution in [1.29, 1.82) is 0 Å². The number of likely N-dealkylation sites (tertiary alicyclic amines) is 1. The SMILES string of the molecule is O=C1OCC2(CCN(C(=O)NCCOc3cccc4cccnc34)CC2)O1. The molecule has 1 aromatic heterocycles. The van der Waals surface area contributed by atoms with Crippen molar-refractivity contribution in [3.63, 3.8) is 0 Å². The number of carbonyl (C=O) groups is 2. The standard InChI is InChI=1S/C19H21N3O5/c23-17(22-10-6-19(7-11-22)13-26-18(24)27-19)21-9-12-25-15-5-1-3-14-4-2-8-20-16(14)15/h1-5,8H,6-7,9-13H2,(H,21,23). The van der Waals surface area contributed by atoms with E-state index in [9.17, 15) is 9.59 Å². The van der Waals surface area contributed by atoms with Crippen molar-refractivity contribution in [1.82, 2.24) is 15.2 Å². The number of piperidine rings is 1. The minimum Gasteiger partial charge on any atom is -0.489 e. The predicted molar refractivity (Wildman–Crippen MR) is 96.6 cm³/mol. The molecule has 8 nitrogen and oxygen atoms in total. The van der Waals surface area contributed by atoms with Gasteiger partial charge in [0.15, 0.2) is 5.60 Å². The van der Waals surface area contributed by atoms with E-state index < -0.39 is 11.8 Å². The number of nitrogens with one attached hydrogen (secondary N) is 1. The Kier molecular flexibility index (Phi) is 4.70. The lowest BCUT2D eigenvalue weighted by molar-refractivity contribution is 0.00931. The first-order valence-electron chi connectivity index (χ1n) is 9.00. The summed E-state index contributed by atoms with van der Waals surface area (Å²) in [5.41, 5.74) is 0.249. The lowest BCUT2D eigenvalue weighted by Crippen LogP contribution is -2.51. The van der Waals surface area contributed by atoms with Gasteiger partial charge >= 0.3 is 12.2 Å². The molecule has 2 saturated heterocycles. The largest absolute Gasteiger partial charge is 0.509 e. The van der Waals surface area contributed by atoms with Gasteiger partial charge in [0.05, 0.1) is 6.54 Å². The van der Waals surface area contributed by atoms with Gasteiger partial charge in [-0.05, 0) is 12.1 Å². The van der Waals surface area contributed by atoms with Gasteiger partial charge in [-0.15, -0.1) is 0 Å². The van der Waals surface area contributed by atoms with Gasteiger partial charge < -0.3 is 24.4 Å². The van der Waals surface area contributed by atoms with Gasteiger partial charge in [-0.1, -0.05) is 18.2 Å². The molecular formula is C19H21N3O5. The van der Waals surface area contributed by atoms with Gasteiger partial charge in [-0.25, -0.2) is 9.59 Å². The number of ether oxygens (including phenoxy) is 3. The quantitative estimate of drug-likeness (QED) is 0.655. The van der Waals surface area contributed by atoms with Gasteiger partial charge in [0, 0.05) is 37.5 Å². The number of para-hydroxylation sites is 1. The number of urea groups is 1. The number of rotatable bonds is 4. The van der Waals surface area contributed by atoms with E-state index in [1.54, 1.807) is 11.1 Å². The monoisotopic (exact) mass is 371 g/mol. The second kappa shape index (κ2) is 7.30. The van der Waals surface area contributed by atoms with Crippen molar-refractivity contribution in [3.8, 4) is 5.75 Å². The molecule has 1 N–H and O–H groups in total. The van der Waals surface area contributed by atoms with Crippen LogP contribution in [0.1, 0.15) is 12.8 Å². The van der Waals surface area contributed by atoms with Crippen molar-refractivity contribution >= 4 is 23.1 Å². The highest BCUT2D eigenvalue weighted by molar-refractivity contribution is 5.84. The molecule has 0 bridgehead atoms. The highest BCUT2D eigenvalue weighted by Crippen LogP contribution is 2.31.